The highest BCUT2D eigenvalue weighted by Crippen LogP contribution is 2.21. The average molecular weight is 189 g/mol. The van der Waals surface area contributed by atoms with Gasteiger partial charge in [0.15, 0.2) is 0 Å². The van der Waals surface area contributed by atoms with E-state index in [2.05, 4.69) is 0 Å². The molecule has 0 saturated heterocycles. The van der Waals surface area contributed by atoms with E-state index in [0.717, 1.165) is 12.1 Å². The summed E-state index contributed by atoms with van der Waals surface area (Å²) in [5.74, 6) is -1.44. The summed E-state index contributed by atoms with van der Waals surface area (Å²) >= 11 is 0. The molecule has 0 amide bonds. The van der Waals surface area contributed by atoms with Crippen LogP contribution < -0.4 is 5.73 Å². The molecule has 0 aliphatic carbocycles. The van der Waals surface area contributed by atoms with Gasteiger partial charge in [0.05, 0.1) is 5.92 Å². The van der Waals surface area contributed by atoms with Crippen LogP contribution in [0.4, 0.5) is 13.2 Å². The van der Waals surface area contributed by atoms with Gasteiger partial charge in [-0.1, -0.05) is 12.1 Å². The van der Waals surface area contributed by atoms with E-state index in [1.54, 1.807) is 0 Å². The van der Waals surface area contributed by atoms with Crippen molar-refractivity contribution in [3.8, 4) is 0 Å². The number of hydrogen-bond acceptors (Lipinski definition) is 1. The summed E-state index contributed by atoms with van der Waals surface area (Å²) in [5.41, 5.74) is 5.54. The fourth-order valence-electron chi connectivity index (χ4n) is 1.09. The highest BCUT2D eigenvalue weighted by molar-refractivity contribution is 5.21. The summed E-state index contributed by atoms with van der Waals surface area (Å²) in [5, 5.41) is 0. The Labute approximate surface area is 74.4 Å². The zero-order valence-corrected chi connectivity index (χ0v) is 6.88. The summed E-state index contributed by atoms with van der Waals surface area (Å²) < 4.78 is 37.1. The maximum Gasteiger partial charge on any atom is 0.246 e. The van der Waals surface area contributed by atoms with Crippen molar-refractivity contribution in [1.82, 2.24) is 0 Å². The molecule has 1 unspecified atom stereocenters. The van der Waals surface area contributed by atoms with Gasteiger partial charge in [-0.05, 0) is 17.7 Å². The number of hydrogen-bond donors (Lipinski definition) is 1. The molecule has 0 radical (unpaired) electrons. The lowest BCUT2D eigenvalue weighted by atomic mass is 10.00. The Kier molecular flexibility index (Phi) is 3.31. The van der Waals surface area contributed by atoms with Gasteiger partial charge in [-0.25, -0.2) is 13.2 Å². The maximum absolute atomic E-state index is 12.4. The molecular weight excluding hydrogens is 179 g/mol. The molecular formula is C9H10F3N. The van der Waals surface area contributed by atoms with Crippen molar-refractivity contribution in [2.24, 2.45) is 5.73 Å². The minimum Gasteiger partial charge on any atom is -0.330 e. The molecule has 1 rings (SSSR count). The summed E-state index contributed by atoms with van der Waals surface area (Å²) in [6, 6.07) is 4.97. The summed E-state index contributed by atoms with van der Waals surface area (Å²) in [7, 11) is 0. The normalized spacial score (nSPS) is 13.3. The van der Waals surface area contributed by atoms with Crippen LogP contribution in [0.2, 0.25) is 0 Å². The Bertz CT molecular complexity index is 258. The van der Waals surface area contributed by atoms with E-state index < -0.39 is 18.2 Å². The second kappa shape index (κ2) is 4.28. The molecule has 1 nitrogen and oxygen atoms in total. The van der Waals surface area contributed by atoms with Crippen LogP contribution in [-0.2, 0) is 0 Å². The number of nitrogens with two attached hydrogens (primary N) is 1. The van der Waals surface area contributed by atoms with Crippen LogP contribution in [0.3, 0.4) is 0 Å². The summed E-state index contributed by atoms with van der Waals surface area (Å²) in [6.45, 7) is -0.136. The molecule has 0 heterocycles. The number of halogens is 3. The van der Waals surface area contributed by atoms with E-state index in [9.17, 15) is 13.2 Å². The van der Waals surface area contributed by atoms with Crippen molar-refractivity contribution in [2.45, 2.75) is 12.3 Å². The standard InChI is InChI=1S/C9H10F3N/c10-7-3-1-6(2-4-7)8(5-13)9(11)12/h1-4,8-9H,5,13H2. The predicted octanol–water partition coefficient (Wildman–Crippen LogP) is 2.13. The lowest BCUT2D eigenvalue weighted by molar-refractivity contribution is 0.117. The second-order valence-electron chi connectivity index (χ2n) is 2.73. The molecule has 0 fully saturated rings. The second-order valence-corrected chi connectivity index (χ2v) is 2.73. The van der Waals surface area contributed by atoms with Gasteiger partial charge in [-0.3, -0.25) is 0 Å². The monoisotopic (exact) mass is 189 g/mol. The molecule has 0 spiro atoms. The van der Waals surface area contributed by atoms with Crippen LogP contribution in [0.25, 0.3) is 0 Å². The van der Waals surface area contributed by atoms with Gasteiger partial charge < -0.3 is 5.73 Å². The fourth-order valence-corrected chi connectivity index (χ4v) is 1.09. The first-order valence-electron chi connectivity index (χ1n) is 3.89. The summed E-state index contributed by atoms with van der Waals surface area (Å²) in [6.07, 6.45) is -2.50. The quantitative estimate of drug-likeness (QED) is 0.774. The molecule has 0 aromatic heterocycles. The van der Waals surface area contributed by atoms with Crippen LogP contribution in [0.15, 0.2) is 24.3 Å². The third-order valence-electron chi connectivity index (χ3n) is 1.86. The van der Waals surface area contributed by atoms with Crippen LogP contribution in [0.5, 0.6) is 0 Å². The van der Waals surface area contributed by atoms with Gasteiger partial charge in [-0.15, -0.1) is 0 Å². The first-order chi connectivity index (χ1) is 6.15. The molecule has 0 saturated carbocycles. The van der Waals surface area contributed by atoms with Gasteiger partial charge in [0.2, 0.25) is 6.43 Å². The van der Waals surface area contributed by atoms with Gasteiger partial charge >= 0.3 is 0 Å². The maximum atomic E-state index is 12.4. The van der Waals surface area contributed by atoms with Crippen LogP contribution >= 0.6 is 0 Å². The molecule has 0 aliphatic heterocycles. The molecule has 4 heteroatoms. The molecule has 1 aromatic rings. The Balaban J connectivity index is 2.86. The van der Waals surface area contributed by atoms with Gasteiger partial charge in [0, 0.05) is 6.54 Å². The zero-order chi connectivity index (χ0) is 9.84. The highest BCUT2D eigenvalue weighted by Gasteiger charge is 2.20. The van der Waals surface area contributed by atoms with E-state index in [1.807, 2.05) is 0 Å². The average Bonchev–Trinajstić information content (AvgIpc) is 2.09. The van der Waals surface area contributed by atoms with E-state index in [-0.39, 0.29) is 6.54 Å². The van der Waals surface area contributed by atoms with Crippen molar-refractivity contribution in [1.29, 1.82) is 0 Å². The van der Waals surface area contributed by atoms with E-state index in [4.69, 9.17) is 5.73 Å². The number of rotatable bonds is 3. The minimum atomic E-state index is -2.50. The van der Waals surface area contributed by atoms with Crippen LogP contribution in [-0.4, -0.2) is 13.0 Å². The zero-order valence-electron chi connectivity index (χ0n) is 6.88. The van der Waals surface area contributed by atoms with Crippen molar-refractivity contribution < 1.29 is 13.2 Å². The molecule has 0 bridgehead atoms. The smallest absolute Gasteiger partial charge is 0.246 e. The molecule has 13 heavy (non-hydrogen) atoms. The van der Waals surface area contributed by atoms with Crippen LogP contribution in [0, 0.1) is 5.82 Å². The lowest BCUT2D eigenvalue weighted by Gasteiger charge is -2.13. The Hall–Kier alpha value is -1.03. The molecule has 0 aliphatic rings. The van der Waals surface area contributed by atoms with E-state index in [1.165, 1.54) is 12.1 Å². The Morgan fingerprint density at radius 3 is 2.08 bits per heavy atom. The predicted molar refractivity (Wildman–Crippen MR) is 44.2 cm³/mol. The first kappa shape index (κ1) is 10.1. The number of benzene rings is 1. The molecule has 1 atom stereocenters. The Morgan fingerprint density at radius 1 is 1.15 bits per heavy atom. The third kappa shape index (κ3) is 2.45. The summed E-state index contributed by atoms with van der Waals surface area (Å²) in [4.78, 5) is 0. The first-order valence-corrected chi connectivity index (χ1v) is 3.89. The van der Waals surface area contributed by atoms with Crippen molar-refractivity contribution in [3.05, 3.63) is 35.6 Å². The van der Waals surface area contributed by atoms with Gasteiger partial charge in [0.1, 0.15) is 5.82 Å². The van der Waals surface area contributed by atoms with E-state index in [0.29, 0.717) is 5.56 Å². The minimum absolute atomic E-state index is 0.136. The highest BCUT2D eigenvalue weighted by atomic mass is 19.3. The van der Waals surface area contributed by atoms with Gasteiger partial charge in [0.25, 0.3) is 0 Å². The number of alkyl halides is 2. The fraction of sp³-hybridized carbons (Fsp3) is 0.333. The molecule has 1 aromatic carbocycles. The third-order valence-corrected chi connectivity index (χ3v) is 1.86. The molecule has 2 N–H and O–H groups in total. The van der Waals surface area contributed by atoms with Crippen molar-refractivity contribution in [2.75, 3.05) is 6.54 Å². The Morgan fingerprint density at radius 2 is 1.69 bits per heavy atom. The largest absolute Gasteiger partial charge is 0.330 e. The van der Waals surface area contributed by atoms with Gasteiger partial charge in [-0.2, -0.15) is 0 Å². The SMILES string of the molecule is NCC(c1ccc(F)cc1)C(F)F. The van der Waals surface area contributed by atoms with Crippen molar-refractivity contribution in [3.63, 3.8) is 0 Å². The van der Waals surface area contributed by atoms with E-state index >= 15 is 0 Å². The molecule has 72 valence electrons. The topological polar surface area (TPSA) is 26.0 Å². The van der Waals surface area contributed by atoms with Crippen LogP contribution in [0.1, 0.15) is 11.5 Å². The lowest BCUT2D eigenvalue weighted by Crippen LogP contribution is -2.19. The van der Waals surface area contributed by atoms with Crippen molar-refractivity contribution >= 4 is 0 Å².